The van der Waals surface area contributed by atoms with Gasteiger partial charge in [-0.05, 0) is 41.5 Å². The number of ether oxygens (including phenoxy) is 6. The fraction of sp³-hybridized carbons (Fsp3) is 0.259. The summed E-state index contributed by atoms with van der Waals surface area (Å²) < 4.78 is 32.6. The zero-order valence-electron chi connectivity index (χ0n) is 20.2. The Morgan fingerprint density at radius 2 is 1.09 bits per heavy atom. The molecule has 7 nitrogen and oxygen atoms in total. The highest BCUT2D eigenvalue weighted by Gasteiger charge is 2.22. The Bertz CT molecular complexity index is 1130. The van der Waals surface area contributed by atoms with Crippen molar-refractivity contribution in [2.24, 2.45) is 0 Å². The van der Waals surface area contributed by atoms with Crippen molar-refractivity contribution in [2.75, 3.05) is 42.7 Å². The smallest absolute Gasteiger partial charge is 0.129 e. The largest absolute Gasteiger partial charge is 0.497 e. The molecule has 0 radical (unpaired) electrons. The molecule has 1 atom stereocenters. The molecule has 34 heavy (non-hydrogen) atoms. The lowest BCUT2D eigenvalue weighted by atomic mass is 9.94. The molecule has 180 valence electrons. The first-order valence-electron chi connectivity index (χ1n) is 10.5. The number of aliphatic hydroxyl groups excluding tert-OH is 1. The van der Waals surface area contributed by atoms with Crippen LogP contribution in [-0.2, 0) is 0 Å². The molecule has 0 aliphatic carbocycles. The molecule has 0 aromatic heterocycles. The summed E-state index contributed by atoms with van der Waals surface area (Å²) in [6.45, 7) is 0. The van der Waals surface area contributed by atoms with Crippen LogP contribution in [-0.4, -0.2) is 47.8 Å². The minimum absolute atomic E-state index is 0.481. The van der Waals surface area contributed by atoms with Gasteiger partial charge in [-0.3, -0.25) is 0 Å². The highest BCUT2D eigenvalue weighted by Crippen LogP contribution is 2.39. The monoisotopic (exact) mass is 466 g/mol. The number of methoxy groups -OCH3 is 6. The van der Waals surface area contributed by atoms with E-state index in [0.29, 0.717) is 51.2 Å². The summed E-state index contributed by atoms with van der Waals surface area (Å²) in [5.41, 5.74) is 2.72. The van der Waals surface area contributed by atoms with Gasteiger partial charge in [-0.2, -0.15) is 0 Å². The molecule has 3 aromatic rings. The minimum atomic E-state index is -1.03. The van der Waals surface area contributed by atoms with Crippen LogP contribution < -0.4 is 28.4 Å². The van der Waals surface area contributed by atoms with Crippen LogP contribution in [0.15, 0.2) is 48.5 Å². The molecular formula is C27H30O7. The van der Waals surface area contributed by atoms with Crippen molar-refractivity contribution in [3.8, 4) is 34.5 Å². The van der Waals surface area contributed by atoms with E-state index in [2.05, 4.69) is 0 Å². The molecule has 1 unspecified atom stereocenters. The highest BCUT2D eigenvalue weighted by atomic mass is 16.5. The lowest BCUT2D eigenvalue weighted by Crippen LogP contribution is -2.06. The van der Waals surface area contributed by atoms with E-state index in [1.807, 2.05) is 36.4 Å². The first-order valence-corrected chi connectivity index (χ1v) is 10.5. The second-order valence-electron chi connectivity index (χ2n) is 7.32. The third kappa shape index (κ3) is 5.38. The molecule has 0 aliphatic heterocycles. The van der Waals surface area contributed by atoms with Crippen molar-refractivity contribution in [1.82, 2.24) is 0 Å². The normalized spacial score (nSPS) is 11.7. The average molecular weight is 467 g/mol. The molecule has 0 aliphatic rings. The van der Waals surface area contributed by atoms with E-state index in [4.69, 9.17) is 28.4 Å². The Morgan fingerprint density at radius 1 is 0.559 bits per heavy atom. The highest BCUT2D eigenvalue weighted by molar-refractivity contribution is 5.76. The van der Waals surface area contributed by atoms with Crippen LogP contribution in [0.5, 0.6) is 34.5 Å². The molecule has 3 rings (SSSR count). The maximum absolute atomic E-state index is 11.4. The summed E-state index contributed by atoms with van der Waals surface area (Å²) in [6, 6.07) is 14.4. The summed E-state index contributed by atoms with van der Waals surface area (Å²) in [6.07, 6.45) is 2.75. The number of aliphatic hydroxyl groups is 1. The van der Waals surface area contributed by atoms with Crippen LogP contribution in [0.1, 0.15) is 28.4 Å². The topological polar surface area (TPSA) is 75.6 Å². The minimum Gasteiger partial charge on any atom is -0.497 e. The van der Waals surface area contributed by atoms with Gasteiger partial charge in [-0.15, -0.1) is 0 Å². The molecule has 0 bridgehead atoms. The molecule has 0 heterocycles. The fourth-order valence-corrected chi connectivity index (χ4v) is 3.63. The lowest BCUT2D eigenvalue weighted by molar-refractivity contribution is 0.213. The second kappa shape index (κ2) is 11.3. The predicted octanol–water partition coefficient (Wildman–Crippen LogP) is 4.99. The Kier molecular flexibility index (Phi) is 8.27. The van der Waals surface area contributed by atoms with Gasteiger partial charge in [-0.1, -0.05) is 12.2 Å². The maximum atomic E-state index is 11.4. The van der Waals surface area contributed by atoms with Gasteiger partial charge in [0.25, 0.3) is 0 Å². The number of rotatable bonds is 10. The van der Waals surface area contributed by atoms with Gasteiger partial charge in [0.1, 0.15) is 40.6 Å². The molecular weight excluding hydrogens is 436 g/mol. The Hall–Kier alpha value is -3.84. The Labute approximate surface area is 200 Å². The van der Waals surface area contributed by atoms with Gasteiger partial charge in [0.15, 0.2) is 0 Å². The summed E-state index contributed by atoms with van der Waals surface area (Å²) in [5.74, 6) is 3.57. The Balaban J connectivity index is 2.14. The molecule has 0 amide bonds. The summed E-state index contributed by atoms with van der Waals surface area (Å²) in [5, 5.41) is 11.4. The molecule has 3 aromatic carbocycles. The summed E-state index contributed by atoms with van der Waals surface area (Å²) in [7, 11) is 9.47. The predicted molar refractivity (Wildman–Crippen MR) is 132 cm³/mol. The van der Waals surface area contributed by atoms with Gasteiger partial charge in [0, 0.05) is 29.3 Å². The SMILES string of the molecule is COc1cc(OC)cc(C(O)c2c(/C=C/c3ccc(OC)cc3OC)cc(OC)cc2OC)c1. The lowest BCUT2D eigenvalue weighted by Gasteiger charge is -2.20. The molecule has 0 saturated carbocycles. The van der Waals surface area contributed by atoms with Gasteiger partial charge < -0.3 is 33.5 Å². The zero-order chi connectivity index (χ0) is 24.7. The van der Waals surface area contributed by atoms with Crippen LogP contribution >= 0.6 is 0 Å². The molecule has 1 N–H and O–H groups in total. The first-order chi connectivity index (χ1) is 16.5. The Morgan fingerprint density at radius 3 is 1.65 bits per heavy atom. The van der Waals surface area contributed by atoms with Gasteiger partial charge in [-0.25, -0.2) is 0 Å². The van der Waals surface area contributed by atoms with Gasteiger partial charge in [0.05, 0.1) is 42.7 Å². The number of benzene rings is 3. The standard InChI is InChI=1S/C27H30O7/c1-29-20-10-9-17(24(15-20)33-5)7-8-18-11-23(32-4)16-25(34-6)26(18)27(28)19-12-21(30-2)14-22(13-19)31-3/h7-16,27-28H,1-6H3/b8-7+. The van der Waals surface area contributed by atoms with E-state index < -0.39 is 6.10 Å². The summed E-state index contributed by atoms with van der Waals surface area (Å²) in [4.78, 5) is 0. The quantitative estimate of drug-likeness (QED) is 0.422. The average Bonchev–Trinajstić information content (AvgIpc) is 2.90. The van der Waals surface area contributed by atoms with E-state index in [-0.39, 0.29) is 0 Å². The van der Waals surface area contributed by atoms with E-state index in [1.165, 1.54) is 0 Å². The van der Waals surface area contributed by atoms with Crippen molar-refractivity contribution in [2.45, 2.75) is 6.10 Å². The van der Waals surface area contributed by atoms with E-state index in [1.54, 1.807) is 66.9 Å². The molecule has 0 saturated heterocycles. The third-order valence-electron chi connectivity index (χ3n) is 5.45. The van der Waals surface area contributed by atoms with Crippen LogP contribution in [0.3, 0.4) is 0 Å². The van der Waals surface area contributed by atoms with Gasteiger partial charge >= 0.3 is 0 Å². The van der Waals surface area contributed by atoms with Crippen LogP contribution in [0.25, 0.3) is 12.2 Å². The van der Waals surface area contributed by atoms with Crippen LogP contribution in [0, 0.1) is 0 Å². The fourth-order valence-electron chi connectivity index (χ4n) is 3.63. The third-order valence-corrected chi connectivity index (χ3v) is 5.45. The number of hydrogen-bond donors (Lipinski definition) is 1. The van der Waals surface area contributed by atoms with Crippen molar-refractivity contribution in [3.05, 3.63) is 70.8 Å². The zero-order valence-corrected chi connectivity index (χ0v) is 20.2. The van der Waals surface area contributed by atoms with E-state index in [0.717, 1.165) is 5.56 Å². The van der Waals surface area contributed by atoms with Crippen molar-refractivity contribution < 1.29 is 33.5 Å². The van der Waals surface area contributed by atoms with E-state index in [9.17, 15) is 5.11 Å². The first kappa shape index (κ1) is 24.8. The maximum Gasteiger partial charge on any atom is 0.129 e. The molecule has 7 heteroatoms. The second-order valence-corrected chi connectivity index (χ2v) is 7.32. The number of hydrogen-bond acceptors (Lipinski definition) is 7. The van der Waals surface area contributed by atoms with Gasteiger partial charge in [0.2, 0.25) is 0 Å². The van der Waals surface area contributed by atoms with Crippen LogP contribution in [0.2, 0.25) is 0 Å². The van der Waals surface area contributed by atoms with Crippen molar-refractivity contribution in [1.29, 1.82) is 0 Å². The van der Waals surface area contributed by atoms with Crippen LogP contribution in [0.4, 0.5) is 0 Å². The molecule has 0 spiro atoms. The van der Waals surface area contributed by atoms with Crippen molar-refractivity contribution in [3.63, 3.8) is 0 Å². The van der Waals surface area contributed by atoms with Crippen molar-refractivity contribution >= 4 is 12.2 Å². The summed E-state index contributed by atoms with van der Waals surface area (Å²) >= 11 is 0. The molecule has 0 fully saturated rings. The van der Waals surface area contributed by atoms with E-state index >= 15 is 0 Å².